The number of hydrogen-bond acceptors (Lipinski definition) is 3. The normalized spacial score (nSPS) is 10.3. The van der Waals surface area contributed by atoms with E-state index in [0.717, 1.165) is 26.1 Å². The van der Waals surface area contributed by atoms with Gasteiger partial charge in [-0.15, -0.1) is 0 Å². The fourth-order valence-electron chi connectivity index (χ4n) is 0.895. The van der Waals surface area contributed by atoms with Crippen LogP contribution in [0.4, 0.5) is 0 Å². The Balaban J connectivity index is 2.04. The Hall–Kier alpha value is -0.380. The van der Waals surface area contributed by atoms with Gasteiger partial charge < -0.3 is 11.1 Å². The second kappa shape index (κ2) is 5.29. The monoisotopic (exact) mass is 170 g/mol. The molecule has 1 rings (SSSR count). The predicted octanol–water partition coefficient (Wildman–Crippen LogP) is 0.839. The lowest BCUT2D eigenvalue weighted by atomic mass is 10.2. The molecule has 1 aromatic heterocycles. The Bertz CT molecular complexity index is 172. The van der Waals surface area contributed by atoms with Gasteiger partial charge in [-0.05, 0) is 35.4 Å². The van der Waals surface area contributed by atoms with Gasteiger partial charge in [0.25, 0.3) is 0 Å². The lowest BCUT2D eigenvalue weighted by molar-refractivity contribution is 0.689. The molecular weight excluding hydrogens is 156 g/mol. The van der Waals surface area contributed by atoms with Gasteiger partial charge in [-0.3, -0.25) is 0 Å². The number of nitrogens with one attached hydrogen (secondary N) is 1. The van der Waals surface area contributed by atoms with E-state index in [1.165, 1.54) is 5.56 Å². The third-order valence-electron chi connectivity index (χ3n) is 1.49. The fraction of sp³-hybridized carbons (Fsp3) is 0.500. The van der Waals surface area contributed by atoms with Crippen LogP contribution in [0.2, 0.25) is 0 Å². The summed E-state index contributed by atoms with van der Waals surface area (Å²) < 4.78 is 0. The summed E-state index contributed by atoms with van der Waals surface area (Å²) >= 11 is 1.75. The number of rotatable bonds is 5. The molecule has 0 saturated heterocycles. The molecule has 3 heteroatoms. The summed E-state index contributed by atoms with van der Waals surface area (Å²) in [5.41, 5.74) is 6.74. The molecule has 0 bridgehead atoms. The van der Waals surface area contributed by atoms with Crippen molar-refractivity contribution in [2.75, 3.05) is 19.6 Å². The van der Waals surface area contributed by atoms with Gasteiger partial charge in [0.05, 0.1) is 0 Å². The highest BCUT2D eigenvalue weighted by Crippen LogP contribution is 2.05. The van der Waals surface area contributed by atoms with Crippen LogP contribution < -0.4 is 11.1 Å². The molecule has 0 radical (unpaired) electrons. The summed E-state index contributed by atoms with van der Waals surface area (Å²) in [5, 5.41) is 7.55. The Morgan fingerprint density at radius 3 is 3.00 bits per heavy atom. The van der Waals surface area contributed by atoms with Crippen LogP contribution in [0.5, 0.6) is 0 Å². The predicted molar refractivity (Wildman–Crippen MR) is 49.9 cm³/mol. The Labute approximate surface area is 71.4 Å². The van der Waals surface area contributed by atoms with Crippen LogP contribution in [0.25, 0.3) is 0 Å². The highest BCUT2D eigenvalue weighted by Gasteiger charge is 1.90. The van der Waals surface area contributed by atoms with Gasteiger partial charge in [0.15, 0.2) is 0 Å². The van der Waals surface area contributed by atoms with Crippen molar-refractivity contribution in [3.05, 3.63) is 22.4 Å². The molecule has 62 valence electrons. The van der Waals surface area contributed by atoms with E-state index in [-0.39, 0.29) is 0 Å². The fourth-order valence-corrected chi connectivity index (χ4v) is 1.60. The Morgan fingerprint density at radius 2 is 2.36 bits per heavy atom. The molecule has 1 heterocycles. The molecule has 0 aliphatic heterocycles. The number of thiophene rings is 1. The first-order chi connectivity index (χ1) is 5.43. The van der Waals surface area contributed by atoms with E-state index >= 15 is 0 Å². The summed E-state index contributed by atoms with van der Waals surface area (Å²) in [6.45, 7) is 2.68. The maximum absolute atomic E-state index is 5.33. The zero-order valence-corrected chi connectivity index (χ0v) is 7.36. The highest BCUT2D eigenvalue weighted by atomic mass is 32.1. The third-order valence-corrected chi connectivity index (χ3v) is 2.22. The van der Waals surface area contributed by atoms with E-state index in [2.05, 4.69) is 22.1 Å². The van der Waals surface area contributed by atoms with Crippen LogP contribution >= 0.6 is 11.3 Å². The minimum Gasteiger partial charge on any atom is -0.329 e. The molecule has 0 saturated carbocycles. The SMILES string of the molecule is NCCNCCc1ccsc1. The maximum Gasteiger partial charge on any atom is 0.00746 e. The van der Waals surface area contributed by atoms with E-state index in [1.807, 2.05) is 0 Å². The van der Waals surface area contributed by atoms with Crippen LogP contribution in [-0.4, -0.2) is 19.6 Å². The molecule has 0 amide bonds. The van der Waals surface area contributed by atoms with Gasteiger partial charge in [0.1, 0.15) is 0 Å². The van der Waals surface area contributed by atoms with E-state index in [9.17, 15) is 0 Å². The minimum absolute atomic E-state index is 0.726. The molecule has 1 aromatic rings. The third kappa shape index (κ3) is 3.51. The molecule has 0 aliphatic rings. The first kappa shape index (κ1) is 8.71. The standard InChI is InChI=1S/C8H14N2S/c9-3-5-10-4-1-8-2-6-11-7-8/h2,6-7,10H,1,3-5,9H2. The zero-order valence-electron chi connectivity index (χ0n) is 6.55. The van der Waals surface area contributed by atoms with Gasteiger partial charge in [0.2, 0.25) is 0 Å². The molecule has 3 N–H and O–H groups in total. The molecule has 0 spiro atoms. The molecule has 11 heavy (non-hydrogen) atoms. The van der Waals surface area contributed by atoms with Crippen molar-refractivity contribution < 1.29 is 0 Å². The molecule has 0 atom stereocenters. The van der Waals surface area contributed by atoms with Crippen LogP contribution in [0, 0.1) is 0 Å². The van der Waals surface area contributed by atoms with Crippen molar-refractivity contribution in [2.45, 2.75) is 6.42 Å². The van der Waals surface area contributed by atoms with Crippen molar-refractivity contribution in [1.29, 1.82) is 0 Å². The lowest BCUT2D eigenvalue weighted by Gasteiger charge is -1.99. The second-order valence-corrected chi connectivity index (χ2v) is 3.20. The van der Waals surface area contributed by atoms with Gasteiger partial charge in [0, 0.05) is 13.1 Å². The number of hydrogen-bond donors (Lipinski definition) is 2. The summed E-state index contributed by atoms with van der Waals surface area (Å²) in [7, 11) is 0. The van der Waals surface area contributed by atoms with Crippen LogP contribution in [0.3, 0.4) is 0 Å². The first-order valence-electron chi connectivity index (χ1n) is 3.85. The van der Waals surface area contributed by atoms with Crippen molar-refractivity contribution >= 4 is 11.3 Å². The summed E-state index contributed by atoms with van der Waals surface area (Å²) in [5.74, 6) is 0. The number of nitrogens with two attached hydrogens (primary N) is 1. The summed E-state index contributed by atoms with van der Waals surface area (Å²) in [4.78, 5) is 0. The maximum atomic E-state index is 5.33. The minimum atomic E-state index is 0.726. The van der Waals surface area contributed by atoms with E-state index in [4.69, 9.17) is 5.73 Å². The van der Waals surface area contributed by atoms with Crippen molar-refractivity contribution in [3.8, 4) is 0 Å². The lowest BCUT2D eigenvalue weighted by Crippen LogP contribution is -2.24. The molecule has 0 fully saturated rings. The average Bonchev–Trinajstić information content (AvgIpc) is 2.50. The summed E-state index contributed by atoms with van der Waals surface area (Å²) in [6.07, 6.45) is 1.11. The van der Waals surface area contributed by atoms with Gasteiger partial charge in [-0.2, -0.15) is 11.3 Å². The van der Waals surface area contributed by atoms with Gasteiger partial charge in [-0.1, -0.05) is 0 Å². The first-order valence-corrected chi connectivity index (χ1v) is 4.79. The molecule has 0 aliphatic carbocycles. The molecular formula is C8H14N2S. The zero-order chi connectivity index (χ0) is 7.94. The van der Waals surface area contributed by atoms with Crippen LogP contribution in [-0.2, 0) is 6.42 Å². The smallest absolute Gasteiger partial charge is 0.00746 e. The van der Waals surface area contributed by atoms with Crippen LogP contribution in [0.1, 0.15) is 5.56 Å². The summed E-state index contributed by atoms with van der Waals surface area (Å²) in [6, 6.07) is 2.16. The average molecular weight is 170 g/mol. The second-order valence-electron chi connectivity index (χ2n) is 2.42. The van der Waals surface area contributed by atoms with E-state index in [0.29, 0.717) is 0 Å². The topological polar surface area (TPSA) is 38.0 Å². The van der Waals surface area contributed by atoms with E-state index < -0.39 is 0 Å². The molecule has 0 aromatic carbocycles. The van der Waals surface area contributed by atoms with Gasteiger partial charge >= 0.3 is 0 Å². The quantitative estimate of drug-likeness (QED) is 0.643. The van der Waals surface area contributed by atoms with Crippen molar-refractivity contribution in [1.82, 2.24) is 5.32 Å². The van der Waals surface area contributed by atoms with Crippen molar-refractivity contribution in [3.63, 3.8) is 0 Å². The van der Waals surface area contributed by atoms with E-state index in [1.54, 1.807) is 11.3 Å². The molecule has 0 unspecified atom stereocenters. The van der Waals surface area contributed by atoms with Crippen LogP contribution in [0.15, 0.2) is 16.8 Å². The Morgan fingerprint density at radius 1 is 1.45 bits per heavy atom. The van der Waals surface area contributed by atoms with Crippen molar-refractivity contribution in [2.24, 2.45) is 5.73 Å². The largest absolute Gasteiger partial charge is 0.329 e. The molecule has 2 nitrogen and oxygen atoms in total. The Kier molecular flexibility index (Phi) is 4.19. The van der Waals surface area contributed by atoms with Gasteiger partial charge in [-0.25, -0.2) is 0 Å². The highest BCUT2D eigenvalue weighted by molar-refractivity contribution is 7.07.